The predicted molar refractivity (Wildman–Crippen MR) is 92.7 cm³/mol. The van der Waals surface area contributed by atoms with Crippen LogP contribution in [0.25, 0.3) is 11.4 Å². The van der Waals surface area contributed by atoms with Crippen molar-refractivity contribution in [2.24, 2.45) is 0 Å². The Hall–Kier alpha value is -2.51. The van der Waals surface area contributed by atoms with Crippen molar-refractivity contribution in [3.8, 4) is 11.4 Å². The summed E-state index contributed by atoms with van der Waals surface area (Å²) >= 11 is 0. The first-order valence-corrected chi connectivity index (χ1v) is 7.82. The van der Waals surface area contributed by atoms with E-state index in [1.54, 1.807) is 10.9 Å². The molecule has 3 aromatic rings. The van der Waals surface area contributed by atoms with Gasteiger partial charge < -0.3 is 9.68 Å². The summed E-state index contributed by atoms with van der Waals surface area (Å²) in [5, 5.41) is 22.8. The van der Waals surface area contributed by atoms with Gasteiger partial charge in [-0.1, -0.05) is 54.6 Å². The molecule has 0 amide bonds. The van der Waals surface area contributed by atoms with E-state index in [1.165, 1.54) is 12.7 Å². The van der Waals surface area contributed by atoms with Crippen molar-refractivity contribution >= 4 is 12.6 Å². The van der Waals surface area contributed by atoms with Crippen molar-refractivity contribution in [3.63, 3.8) is 0 Å². The highest BCUT2D eigenvalue weighted by Gasteiger charge is 2.22. The minimum absolute atomic E-state index is 0.0770. The molecule has 0 saturated heterocycles. The molecule has 2 aromatic carbocycles. The SMILES string of the molecule is COB(O)c1ccccc1-c1nnn(C(C)Cc2ccccc2)n1. The second kappa shape index (κ2) is 7.38. The fourth-order valence-corrected chi connectivity index (χ4v) is 2.60. The standard InChI is InChI=1S/C17H19BN4O2/c1-13(12-14-8-4-3-5-9-14)22-20-17(19-21-22)15-10-6-7-11-16(15)18(23)24-2/h3-11,13,23H,12H2,1-2H3. The molecular weight excluding hydrogens is 303 g/mol. The van der Waals surface area contributed by atoms with E-state index in [-0.39, 0.29) is 6.04 Å². The van der Waals surface area contributed by atoms with Crippen molar-refractivity contribution < 1.29 is 9.68 Å². The van der Waals surface area contributed by atoms with Gasteiger partial charge >= 0.3 is 7.12 Å². The summed E-state index contributed by atoms with van der Waals surface area (Å²) in [6, 6.07) is 17.6. The number of hydrogen-bond acceptors (Lipinski definition) is 5. The van der Waals surface area contributed by atoms with E-state index in [2.05, 4.69) is 27.5 Å². The maximum atomic E-state index is 9.98. The van der Waals surface area contributed by atoms with Crippen LogP contribution in [0.2, 0.25) is 0 Å². The summed E-state index contributed by atoms with van der Waals surface area (Å²) in [7, 11) is 0.433. The molecule has 1 N–H and O–H groups in total. The van der Waals surface area contributed by atoms with Crippen LogP contribution in [0.4, 0.5) is 0 Å². The van der Waals surface area contributed by atoms with Crippen molar-refractivity contribution in [2.45, 2.75) is 19.4 Å². The average molecular weight is 322 g/mol. The van der Waals surface area contributed by atoms with Crippen molar-refractivity contribution in [1.29, 1.82) is 0 Å². The summed E-state index contributed by atoms with van der Waals surface area (Å²) in [5.41, 5.74) is 2.55. The molecule has 0 fully saturated rings. The normalized spacial score (nSPS) is 12.1. The highest BCUT2D eigenvalue weighted by Crippen LogP contribution is 2.15. The van der Waals surface area contributed by atoms with Crippen LogP contribution in [-0.2, 0) is 11.1 Å². The molecule has 1 heterocycles. The highest BCUT2D eigenvalue weighted by molar-refractivity contribution is 6.61. The van der Waals surface area contributed by atoms with Gasteiger partial charge in [0, 0.05) is 12.7 Å². The Labute approximate surface area is 141 Å². The molecule has 1 atom stereocenters. The first kappa shape index (κ1) is 16.4. The van der Waals surface area contributed by atoms with Gasteiger partial charge in [-0.15, -0.1) is 10.2 Å². The largest absolute Gasteiger partial charge is 0.491 e. The average Bonchev–Trinajstić information content (AvgIpc) is 3.12. The van der Waals surface area contributed by atoms with Crippen molar-refractivity contribution in [3.05, 3.63) is 60.2 Å². The maximum absolute atomic E-state index is 9.98. The van der Waals surface area contributed by atoms with Crippen LogP contribution in [0.3, 0.4) is 0 Å². The number of nitrogens with zero attached hydrogens (tertiary/aromatic N) is 4. The molecule has 0 aliphatic carbocycles. The lowest BCUT2D eigenvalue weighted by molar-refractivity contribution is 0.341. The summed E-state index contributed by atoms with van der Waals surface area (Å²) in [6.07, 6.45) is 0.818. The van der Waals surface area contributed by atoms with Gasteiger partial charge in [-0.25, -0.2) is 0 Å². The fraction of sp³-hybridized carbons (Fsp3) is 0.235. The molecule has 0 spiro atoms. The van der Waals surface area contributed by atoms with Gasteiger partial charge in [0.1, 0.15) is 0 Å². The Bertz CT molecular complexity index is 794. The van der Waals surface area contributed by atoms with E-state index in [1.807, 2.05) is 43.3 Å². The summed E-state index contributed by atoms with van der Waals surface area (Å²) in [5.74, 6) is 0.474. The summed E-state index contributed by atoms with van der Waals surface area (Å²) < 4.78 is 5.00. The molecule has 7 heteroatoms. The van der Waals surface area contributed by atoms with Crippen molar-refractivity contribution in [2.75, 3.05) is 7.11 Å². The van der Waals surface area contributed by atoms with Crippen LogP contribution in [0.1, 0.15) is 18.5 Å². The monoisotopic (exact) mass is 322 g/mol. The van der Waals surface area contributed by atoms with E-state index >= 15 is 0 Å². The summed E-state index contributed by atoms with van der Waals surface area (Å²) in [6.45, 7) is 2.05. The van der Waals surface area contributed by atoms with Gasteiger partial charge in [-0.05, 0) is 29.6 Å². The molecule has 0 aliphatic heterocycles. The van der Waals surface area contributed by atoms with Gasteiger partial charge in [0.2, 0.25) is 5.82 Å². The Morgan fingerprint density at radius 3 is 2.58 bits per heavy atom. The number of hydrogen-bond donors (Lipinski definition) is 1. The van der Waals surface area contributed by atoms with E-state index in [0.29, 0.717) is 16.9 Å². The first-order chi connectivity index (χ1) is 11.7. The van der Waals surface area contributed by atoms with E-state index in [4.69, 9.17) is 4.65 Å². The number of benzene rings is 2. The first-order valence-electron chi connectivity index (χ1n) is 7.82. The molecule has 3 rings (SSSR count). The second-order valence-electron chi connectivity index (χ2n) is 5.65. The van der Waals surface area contributed by atoms with E-state index in [0.717, 1.165) is 6.42 Å². The molecule has 0 bridgehead atoms. The predicted octanol–water partition coefficient (Wildman–Crippen LogP) is 1.48. The number of aromatic nitrogens is 4. The Balaban J connectivity index is 1.83. The Kier molecular flexibility index (Phi) is 5.03. The van der Waals surface area contributed by atoms with E-state index in [9.17, 15) is 5.02 Å². The molecule has 24 heavy (non-hydrogen) atoms. The van der Waals surface area contributed by atoms with Crippen LogP contribution in [0, 0.1) is 0 Å². The lowest BCUT2D eigenvalue weighted by Crippen LogP contribution is -2.34. The second-order valence-corrected chi connectivity index (χ2v) is 5.65. The molecule has 0 radical (unpaired) electrons. The van der Waals surface area contributed by atoms with Gasteiger partial charge in [-0.2, -0.15) is 4.80 Å². The van der Waals surface area contributed by atoms with E-state index < -0.39 is 7.12 Å². The van der Waals surface area contributed by atoms with Crippen molar-refractivity contribution in [1.82, 2.24) is 20.2 Å². The van der Waals surface area contributed by atoms with Gasteiger partial charge in [0.25, 0.3) is 0 Å². The third-order valence-corrected chi connectivity index (χ3v) is 3.89. The zero-order chi connectivity index (χ0) is 16.9. The topological polar surface area (TPSA) is 73.1 Å². The zero-order valence-corrected chi connectivity index (χ0v) is 13.7. The van der Waals surface area contributed by atoms with Crippen LogP contribution >= 0.6 is 0 Å². The number of rotatable bonds is 6. The quantitative estimate of drug-likeness (QED) is 0.696. The van der Waals surface area contributed by atoms with Crippen LogP contribution in [-0.4, -0.2) is 39.5 Å². The lowest BCUT2D eigenvalue weighted by Gasteiger charge is -2.10. The molecule has 1 aromatic heterocycles. The minimum atomic E-state index is -1.02. The van der Waals surface area contributed by atoms with Crippen LogP contribution in [0.5, 0.6) is 0 Å². The van der Waals surface area contributed by atoms with Gasteiger partial charge in [0.05, 0.1) is 6.04 Å². The highest BCUT2D eigenvalue weighted by atomic mass is 16.5. The molecule has 0 saturated carbocycles. The third kappa shape index (κ3) is 3.52. The van der Waals surface area contributed by atoms with Crippen LogP contribution < -0.4 is 5.46 Å². The molecule has 0 aliphatic rings. The molecular formula is C17H19BN4O2. The Morgan fingerprint density at radius 2 is 1.83 bits per heavy atom. The molecule has 6 nitrogen and oxygen atoms in total. The van der Waals surface area contributed by atoms with Crippen LogP contribution in [0.15, 0.2) is 54.6 Å². The number of tetrazole rings is 1. The summed E-state index contributed by atoms with van der Waals surface area (Å²) in [4.78, 5) is 1.61. The smallest absolute Gasteiger partial charge is 0.423 e. The molecule has 122 valence electrons. The lowest BCUT2D eigenvalue weighted by atomic mass is 9.76. The Morgan fingerprint density at radius 1 is 1.12 bits per heavy atom. The molecule has 1 unspecified atom stereocenters. The fourth-order valence-electron chi connectivity index (χ4n) is 2.60. The maximum Gasteiger partial charge on any atom is 0.491 e. The van der Waals surface area contributed by atoms with Gasteiger partial charge in [0.15, 0.2) is 0 Å². The zero-order valence-electron chi connectivity index (χ0n) is 13.7. The van der Waals surface area contributed by atoms with Gasteiger partial charge in [-0.3, -0.25) is 0 Å². The third-order valence-electron chi connectivity index (χ3n) is 3.89. The minimum Gasteiger partial charge on any atom is -0.423 e.